The molecule has 0 atom stereocenters. The third kappa shape index (κ3) is 5.00. The minimum Gasteiger partial charge on any atom is -0.497 e. The Kier molecular flexibility index (Phi) is 6.72. The fourth-order valence-electron chi connectivity index (χ4n) is 1.48. The van der Waals surface area contributed by atoms with Crippen molar-refractivity contribution >= 4 is 23.6 Å². The second-order valence-corrected chi connectivity index (χ2v) is 4.87. The van der Waals surface area contributed by atoms with Crippen molar-refractivity contribution < 1.29 is 24.2 Å². The largest absolute Gasteiger partial charge is 0.497 e. The van der Waals surface area contributed by atoms with Crippen LogP contribution in [0.1, 0.15) is 10.4 Å². The number of nitrogens with one attached hydrogen (secondary N) is 1. The number of benzene rings is 1. The SMILES string of the molecule is COc1ccc(OC)c(C(=O)NCCSCC(=O)O)c1. The summed E-state index contributed by atoms with van der Waals surface area (Å²) < 4.78 is 10.2. The van der Waals surface area contributed by atoms with E-state index in [0.29, 0.717) is 29.4 Å². The van der Waals surface area contributed by atoms with Gasteiger partial charge < -0.3 is 19.9 Å². The molecule has 1 aromatic rings. The molecule has 2 N–H and O–H groups in total. The Morgan fingerprint density at radius 2 is 2.05 bits per heavy atom. The van der Waals surface area contributed by atoms with Crippen LogP contribution in [0.15, 0.2) is 18.2 Å². The van der Waals surface area contributed by atoms with Gasteiger partial charge in [0.1, 0.15) is 11.5 Å². The van der Waals surface area contributed by atoms with Crippen molar-refractivity contribution in [1.29, 1.82) is 0 Å². The highest BCUT2D eigenvalue weighted by molar-refractivity contribution is 7.99. The lowest BCUT2D eigenvalue weighted by Crippen LogP contribution is -2.26. The van der Waals surface area contributed by atoms with Gasteiger partial charge in [-0.25, -0.2) is 0 Å². The minimum atomic E-state index is -0.865. The zero-order chi connectivity index (χ0) is 15.0. The van der Waals surface area contributed by atoms with Crippen LogP contribution in [0, 0.1) is 0 Å². The average molecular weight is 299 g/mol. The van der Waals surface area contributed by atoms with E-state index in [1.54, 1.807) is 18.2 Å². The number of ether oxygens (including phenoxy) is 2. The molecule has 1 amide bonds. The molecule has 20 heavy (non-hydrogen) atoms. The molecule has 0 aliphatic rings. The topological polar surface area (TPSA) is 84.9 Å². The van der Waals surface area contributed by atoms with Gasteiger partial charge in [0.05, 0.1) is 25.5 Å². The number of amides is 1. The summed E-state index contributed by atoms with van der Waals surface area (Å²) in [5, 5.41) is 11.2. The van der Waals surface area contributed by atoms with Crippen molar-refractivity contribution in [3.63, 3.8) is 0 Å². The van der Waals surface area contributed by atoms with Crippen LogP contribution in [-0.4, -0.2) is 49.3 Å². The number of carboxylic acid groups (broad SMARTS) is 1. The lowest BCUT2D eigenvalue weighted by molar-refractivity contribution is -0.133. The van der Waals surface area contributed by atoms with Crippen LogP contribution in [0.5, 0.6) is 11.5 Å². The fourth-order valence-corrected chi connectivity index (χ4v) is 2.05. The summed E-state index contributed by atoms with van der Waals surface area (Å²) in [4.78, 5) is 22.4. The third-order valence-corrected chi connectivity index (χ3v) is 3.35. The van der Waals surface area contributed by atoms with Crippen LogP contribution in [0.4, 0.5) is 0 Å². The predicted molar refractivity (Wildman–Crippen MR) is 76.8 cm³/mol. The van der Waals surface area contributed by atoms with Gasteiger partial charge in [-0.3, -0.25) is 9.59 Å². The molecule has 0 fully saturated rings. The van der Waals surface area contributed by atoms with Crippen molar-refractivity contribution in [3.05, 3.63) is 23.8 Å². The summed E-state index contributed by atoms with van der Waals surface area (Å²) in [6.07, 6.45) is 0. The zero-order valence-electron chi connectivity index (χ0n) is 11.3. The van der Waals surface area contributed by atoms with Crippen LogP contribution >= 0.6 is 11.8 Å². The number of methoxy groups -OCH3 is 2. The molecule has 0 saturated heterocycles. The maximum Gasteiger partial charge on any atom is 0.313 e. The highest BCUT2D eigenvalue weighted by Gasteiger charge is 2.13. The van der Waals surface area contributed by atoms with Gasteiger partial charge in [-0.2, -0.15) is 0 Å². The van der Waals surface area contributed by atoms with Gasteiger partial charge in [0.25, 0.3) is 5.91 Å². The van der Waals surface area contributed by atoms with E-state index in [9.17, 15) is 9.59 Å². The fraction of sp³-hybridized carbons (Fsp3) is 0.385. The van der Waals surface area contributed by atoms with Gasteiger partial charge in [-0.15, -0.1) is 11.8 Å². The molecule has 7 heteroatoms. The summed E-state index contributed by atoms with van der Waals surface area (Å²) in [6.45, 7) is 0.386. The van der Waals surface area contributed by atoms with Crippen LogP contribution in [0.2, 0.25) is 0 Å². The number of hydrogen-bond acceptors (Lipinski definition) is 5. The van der Waals surface area contributed by atoms with E-state index in [2.05, 4.69) is 5.32 Å². The lowest BCUT2D eigenvalue weighted by Gasteiger charge is -2.10. The van der Waals surface area contributed by atoms with Crippen LogP contribution in [0.3, 0.4) is 0 Å². The molecule has 0 radical (unpaired) electrons. The number of thioether (sulfide) groups is 1. The molecular formula is C13H17NO5S. The molecule has 0 aliphatic carbocycles. The Morgan fingerprint density at radius 3 is 2.65 bits per heavy atom. The van der Waals surface area contributed by atoms with Gasteiger partial charge in [0.2, 0.25) is 0 Å². The molecule has 0 aliphatic heterocycles. The van der Waals surface area contributed by atoms with Crippen molar-refractivity contribution in [2.24, 2.45) is 0 Å². The Morgan fingerprint density at radius 1 is 1.30 bits per heavy atom. The first kappa shape index (κ1) is 16.2. The smallest absolute Gasteiger partial charge is 0.313 e. The Bertz CT molecular complexity index is 478. The number of carbonyl (C=O) groups excluding carboxylic acids is 1. The van der Waals surface area contributed by atoms with Gasteiger partial charge >= 0.3 is 5.97 Å². The Hall–Kier alpha value is -1.89. The number of rotatable bonds is 8. The van der Waals surface area contributed by atoms with Gasteiger partial charge in [0, 0.05) is 12.3 Å². The highest BCUT2D eigenvalue weighted by atomic mass is 32.2. The Balaban J connectivity index is 2.55. The summed E-state index contributed by atoms with van der Waals surface area (Å²) in [5.74, 6) is 0.438. The molecule has 1 rings (SSSR count). The first-order chi connectivity index (χ1) is 9.58. The van der Waals surface area contributed by atoms with E-state index in [4.69, 9.17) is 14.6 Å². The van der Waals surface area contributed by atoms with Crippen LogP contribution in [-0.2, 0) is 4.79 Å². The maximum atomic E-state index is 12.0. The monoisotopic (exact) mass is 299 g/mol. The van der Waals surface area contributed by atoms with E-state index < -0.39 is 5.97 Å². The molecule has 0 aromatic heterocycles. The van der Waals surface area contributed by atoms with Crippen LogP contribution in [0.25, 0.3) is 0 Å². The first-order valence-corrected chi connectivity index (χ1v) is 7.03. The zero-order valence-corrected chi connectivity index (χ0v) is 12.2. The molecule has 110 valence electrons. The molecule has 0 unspecified atom stereocenters. The molecule has 0 saturated carbocycles. The van der Waals surface area contributed by atoms with E-state index in [0.717, 1.165) is 0 Å². The molecule has 0 heterocycles. The molecular weight excluding hydrogens is 282 g/mol. The number of aliphatic carboxylic acids is 1. The summed E-state index contributed by atoms with van der Waals surface area (Å²) in [7, 11) is 3.01. The normalized spacial score (nSPS) is 9.90. The second kappa shape index (κ2) is 8.31. The van der Waals surface area contributed by atoms with E-state index in [1.807, 2.05) is 0 Å². The summed E-state index contributed by atoms with van der Waals surface area (Å²) in [5.41, 5.74) is 0.384. The van der Waals surface area contributed by atoms with Gasteiger partial charge in [0.15, 0.2) is 0 Å². The quantitative estimate of drug-likeness (QED) is 0.703. The molecule has 6 nitrogen and oxygen atoms in total. The van der Waals surface area contributed by atoms with Crippen molar-refractivity contribution in [3.8, 4) is 11.5 Å². The summed E-state index contributed by atoms with van der Waals surface area (Å²) >= 11 is 1.25. The highest BCUT2D eigenvalue weighted by Crippen LogP contribution is 2.23. The van der Waals surface area contributed by atoms with E-state index >= 15 is 0 Å². The van der Waals surface area contributed by atoms with Crippen molar-refractivity contribution in [2.75, 3.05) is 32.3 Å². The lowest BCUT2D eigenvalue weighted by atomic mass is 10.1. The average Bonchev–Trinajstić information content (AvgIpc) is 2.45. The number of hydrogen-bond donors (Lipinski definition) is 2. The summed E-state index contributed by atoms with van der Waals surface area (Å²) in [6, 6.07) is 4.96. The van der Waals surface area contributed by atoms with Gasteiger partial charge in [-0.1, -0.05) is 0 Å². The van der Waals surface area contributed by atoms with Crippen molar-refractivity contribution in [1.82, 2.24) is 5.32 Å². The first-order valence-electron chi connectivity index (χ1n) is 5.88. The maximum absolute atomic E-state index is 12.0. The van der Waals surface area contributed by atoms with Gasteiger partial charge in [-0.05, 0) is 18.2 Å². The minimum absolute atomic E-state index is 0.0261. The van der Waals surface area contributed by atoms with Crippen LogP contribution < -0.4 is 14.8 Å². The van der Waals surface area contributed by atoms with Crippen molar-refractivity contribution in [2.45, 2.75) is 0 Å². The second-order valence-electron chi connectivity index (χ2n) is 3.77. The molecule has 1 aromatic carbocycles. The third-order valence-electron chi connectivity index (χ3n) is 2.41. The van der Waals surface area contributed by atoms with E-state index in [-0.39, 0.29) is 11.7 Å². The molecule has 0 spiro atoms. The standard InChI is InChI=1S/C13H17NO5S/c1-18-9-3-4-11(19-2)10(7-9)13(17)14-5-6-20-8-12(15)16/h3-4,7H,5-6,8H2,1-2H3,(H,14,17)(H,15,16). The molecule has 0 bridgehead atoms. The predicted octanol–water partition coefficient (Wildman–Crippen LogP) is 1.25. The van der Waals surface area contributed by atoms with E-state index in [1.165, 1.54) is 26.0 Å². The number of carbonyl (C=O) groups is 2. The Labute approximate surface area is 121 Å². The number of carboxylic acids is 1.